The van der Waals surface area contributed by atoms with E-state index in [1.54, 1.807) is 12.1 Å². The average Bonchev–Trinajstić information content (AvgIpc) is 2.75. The lowest BCUT2D eigenvalue weighted by atomic mass is 10.1. The maximum Gasteiger partial charge on any atom is 0.150 e. The van der Waals surface area contributed by atoms with Crippen molar-refractivity contribution in [3.8, 4) is 0 Å². The van der Waals surface area contributed by atoms with Crippen LogP contribution in [-0.2, 0) is 6.54 Å². The lowest BCUT2D eigenvalue weighted by molar-refractivity contribution is 0.363. The molecule has 0 saturated heterocycles. The molecule has 18 heavy (non-hydrogen) atoms. The van der Waals surface area contributed by atoms with Crippen molar-refractivity contribution in [2.24, 2.45) is 0 Å². The number of aromatic nitrogens is 1. The molecule has 0 aliphatic heterocycles. The fraction of sp³-hybridized carbons (Fsp3) is 0.308. The van der Waals surface area contributed by atoms with E-state index in [2.05, 4.69) is 10.5 Å². The summed E-state index contributed by atoms with van der Waals surface area (Å²) in [6.45, 7) is 4.42. The number of benzene rings is 1. The van der Waals surface area contributed by atoms with Crippen molar-refractivity contribution in [2.75, 3.05) is 0 Å². The monoisotopic (exact) mass is 268 g/mol. The van der Waals surface area contributed by atoms with Gasteiger partial charge in [-0.1, -0.05) is 22.8 Å². The Balaban J connectivity index is 1.99. The summed E-state index contributed by atoms with van der Waals surface area (Å²) in [7, 11) is 0. The lowest BCUT2D eigenvalue weighted by Crippen LogP contribution is -2.17. The second kappa shape index (κ2) is 5.50. The Morgan fingerprint density at radius 2 is 2.22 bits per heavy atom. The Morgan fingerprint density at radius 3 is 2.83 bits per heavy atom. The standard InChI is InChI=1S/C13H14ClFN2O/c1-8-5-11(18-17-8)7-16-9(2)10-3-4-13(15)12(14)6-10/h3-6,9,16H,7H2,1-2H3. The highest BCUT2D eigenvalue weighted by Crippen LogP contribution is 2.21. The molecule has 0 bridgehead atoms. The second-order valence-electron chi connectivity index (χ2n) is 4.21. The fourth-order valence-corrected chi connectivity index (χ4v) is 1.84. The highest BCUT2D eigenvalue weighted by Gasteiger charge is 2.09. The summed E-state index contributed by atoms with van der Waals surface area (Å²) in [5.41, 5.74) is 1.78. The Labute approximate surface area is 110 Å². The minimum atomic E-state index is -0.404. The second-order valence-corrected chi connectivity index (χ2v) is 4.62. The van der Waals surface area contributed by atoms with Crippen molar-refractivity contribution in [3.05, 3.63) is 52.1 Å². The van der Waals surface area contributed by atoms with E-state index in [1.165, 1.54) is 6.07 Å². The first-order valence-corrected chi connectivity index (χ1v) is 6.04. The number of rotatable bonds is 4. The number of nitrogens with one attached hydrogen (secondary N) is 1. The topological polar surface area (TPSA) is 38.1 Å². The summed E-state index contributed by atoms with van der Waals surface area (Å²) in [6, 6.07) is 6.63. The molecule has 96 valence electrons. The first kappa shape index (κ1) is 13.1. The molecule has 2 rings (SSSR count). The number of halogens is 2. The van der Waals surface area contributed by atoms with E-state index in [0.29, 0.717) is 6.54 Å². The molecule has 1 unspecified atom stereocenters. The van der Waals surface area contributed by atoms with Crippen LogP contribution >= 0.6 is 11.6 Å². The molecule has 1 aromatic carbocycles. The molecule has 0 spiro atoms. The molecular weight excluding hydrogens is 255 g/mol. The van der Waals surface area contributed by atoms with Crippen LogP contribution in [0.15, 0.2) is 28.8 Å². The SMILES string of the molecule is Cc1cc(CNC(C)c2ccc(F)c(Cl)c2)on1. The van der Waals surface area contributed by atoms with Crippen LogP contribution in [-0.4, -0.2) is 5.16 Å². The fourth-order valence-electron chi connectivity index (χ4n) is 1.65. The van der Waals surface area contributed by atoms with Crippen molar-refractivity contribution in [1.29, 1.82) is 0 Å². The molecule has 1 heterocycles. The number of nitrogens with zero attached hydrogens (tertiary/aromatic N) is 1. The van der Waals surface area contributed by atoms with Gasteiger partial charge in [0.25, 0.3) is 0 Å². The van der Waals surface area contributed by atoms with Gasteiger partial charge in [0, 0.05) is 12.1 Å². The molecule has 2 aromatic rings. The molecule has 0 radical (unpaired) electrons. The Kier molecular flexibility index (Phi) is 3.99. The quantitative estimate of drug-likeness (QED) is 0.920. The van der Waals surface area contributed by atoms with Crippen molar-refractivity contribution in [3.63, 3.8) is 0 Å². The molecule has 0 aliphatic rings. The largest absolute Gasteiger partial charge is 0.360 e. The van der Waals surface area contributed by atoms with Crippen LogP contribution in [0.3, 0.4) is 0 Å². The molecule has 1 N–H and O–H groups in total. The maximum absolute atomic E-state index is 13.0. The summed E-state index contributed by atoms with van der Waals surface area (Å²) in [5, 5.41) is 7.20. The molecule has 0 aliphatic carbocycles. The molecule has 5 heteroatoms. The van der Waals surface area contributed by atoms with E-state index in [4.69, 9.17) is 16.1 Å². The van der Waals surface area contributed by atoms with Gasteiger partial charge in [-0.25, -0.2) is 4.39 Å². The zero-order chi connectivity index (χ0) is 13.1. The predicted molar refractivity (Wildman–Crippen MR) is 67.9 cm³/mol. The molecule has 1 aromatic heterocycles. The molecule has 0 amide bonds. The van der Waals surface area contributed by atoms with Crippen LogP contribution in [0.4, 0.5) is 4.39 Å². The average molecular weight is 269 g/mol. The number of hydrogen-bond donors (Lipinski definition) is 1. The van der Waals surface area contributed by atoms with Gasteiger partial charge in [-0.15, -0.1) is 0 Å². The molecule has 0 fully saturated rings. The lowest BCUT2D eigenvalue weighted by Gasteiger charge is -2.13. The van der Waals surface area contributed by atoms with Crippen LogP contribution in [0.5, 0.6) is 0 Å². The third-order valence-electron chi connectivity index (χ3n) is 2.70. The van der Waals surface area contributed by atoms with Gasteiger partial charge in [0.2, 0.25) is 0 Å². The van der Waals surface area contributed by atoms with Gasteiger partial charge >= 0.3 is 0 Å². The minimum Gasteiger partial charge on any atom is -0.360 e. The highest BCUT2D eigenvalue weighted by molar-refractivity contribution is 6.30. The van der Waals surface area contributed by atoms with Crippen molar-refractivity contribution >= 4 is 11.6 Å². The third-order valence-corrected chi connectivity index (χ3v) is 2.99. The van der Waals surface area contributed by atoms with Gasteiger partial charge in [-0.05, 0) is 31.5 Å². The van der Waals surface area contributed by atoms with Gasteiger partial charge < -0.3 is 9.84 Å². The van der Waals surface area contributed by atoms with Crippen molar-refractivity contribution in [1.82, 2.24) is 10.5 Å². The van der Waals surface area contributed by atoms with Gasteiger partial charge in [-0.3, -0.25) is 0 Å². The van der Waals surface area contributed by atoms with Crippen LogP contribution < -0.4 is 5.32 Å². The highest BCUT2D eigenvalue weighted by atomic mass is 35.5. The van der Waals surface area contributed by atoms with Crippen molar-refractivity contribution < 1.29 is 8.91 Å². The van der Waals surface area contributed by atoms with Crippen LogP contribution in [0.25, 0.3) is 0 Å². The molecule has 3 nitrogen and oxygen atoms in total. The van der Waals surface area contributed by atoms with Gasteiger partial charge in [-0.2, -0.15) is 0 Å². The number of hydrogen-bond acceptors (Lipinski definition) is 3. The zero-order valence-corrected chi connectivity index (χ0v) is 11.0. The smallest absolute Gasteiger partial charge is 0.150 e. The summed E-state index contributed by atoms with van der Waals surface area (Å²) in [6.07, 6.45) is 0. The number of aryl methyl sites for hydroxylation is 1. The summed E-state index contributed by atoms with van der Waals surface area (Å²) < 4.78 is 18.1. The van der Waals surface area contributed by atoms with Crippen LogP contribution in [0.2, 0.25) is 5.02 Å². The first-order valence-electron chi connectivity index (χ1n) is 5.67. The summed E-state index contributed by atoms with van der Waals surface area (Å²) in [5.74, 6) is 0.367. The van der Waals surface area contributed by atoms with E-state index < -0.39 is 5.82 Å². The summed E-state index contributed by atoms with van der Waals surface area (Å²) >= 11 is 5.75. The summed E-state index contributed by atoms with van der Waals surface area (Å²) in [4.78, 5) is 0. The Morgan fingerprint density at radius 1 is 1.44 bits per heavy atom. The normalized spacial score (nSPS) is 12.7. The Bertz CT molecular complexity index is 542. The van der Waals surface area contributed by atoms with Crippen LogP contribution in [0, 0.1) is 12.7 Å². The molecular formula is C13H14ClFN2O. The van der Waals surface area contributed by atoms with Gasteiger partial charge in [0.05, 0.1) is 17.3 Å². The van der Waals surface area contributed by atoms with Crippen LogP contribution in [0.1, 0.15) is 30.0 Å². The third kappa shape index (κ3) is 3.09. The predicted octanol–water partition coefficient (Wildman–Crippen LogP) is 3.63. The molecule has 1 atom stereocenters. The first-order chi connectivity index (χ1) is 8.56. The van der Waals surface area contributed by atoms with Gasteiger partial charge in [0.15, 0.2) is 5.76 Å². The van der Waals surface area contributed by atoms with E-state index in [0.717, 1.165) is 17.0 Å². The van der Waals surface area contributed by atoms with E-state index in [-0.39, 0.29) is 11.1 Å². The van der Waals surface area contributed by atoms with E-state index in [1.807, 2.05) is 19.9 Å². The van der Waals surface area contributed by atoms with Gasteiger partial charge in [0.1, 0.15) is 5.82 Å². The Hall–Kier alpha value is -1.39. The van der Waals surface area contributed by atoms with E-state index in [9.17, 15) is 4.39 Å². The van der Waals surface area contributed by atoms with Crippen molar-refractivity contribution in [2.45, 2.75) is 26.4 Å². The zero-order valence-electron chi connectivity index (χ0n) is 10.2. The minimum absolute atomic E-state index is 0.0495. The van der Waals surface area contributed by atoms with E-state index >= 15 is 0 Å². The maximum atomic E-state index is 13.0. The molecule has 0 saturated carbocycles.